The molecule has 4 nitrogen and oxygen atoms in total. The molecular weight excluding hydrogens is 341 g/mol. The Kier molecular flexibility index (Phi) is 5.03. The fourth-order valence-electron chi connectivity index (χ4n) is 3.32. The van der Waals surface area contributed by atoms with Crippen molar-refractivity contribution in [1.29, 1.82) is 0 Å². The van der Waals surface area contributed by atoms with Crippen molar-refractivity contribution < 1.29 is 9.13 Å². The van der Waals surface area contributed by atoms with Crippen LogP contribution in [0.3, 0.4) is 0 Å². The van der Waals surface area contributed by atoms with Crippen LogP contribution in [0.4, 0.5) is 10.1 Å². The molecule has 27 heavy (non-hydrogen) atoms. The lowest BCUT2D eigenvalue weighted by atomic mass is 10.0. The number of amidine groups is 1. The number of rotatable bonds is 3. The van der Waals surface area contributed by atoms with E-state index in [1.165, 1.54) is 12.1 Å². The molecule has 1 N–H and O–H groups in total. The van der Waals surface area contributed by atoms with Crippen molar-refractivity contribution >= 4 is 22.3 Å². The predicted octanol–water partition coefficient (Wildman–Crippen LogP) is 3.97. The van der Waals surface area contributed by atoms with Gasteiger partial charge in [-0.05, 0) is 53.2 Å². The van der Waals surface area contributed by atoms with Crippen molar-refractivity contribution in [3.8, 4) is 5.75 Å². The van der Waals surface area contributed by atoms with Crippen molar-refractivity contribution in [3.05, 3.63) is 72.0 Å². The molecule has 1 saturated heterocycles. The number of fused-ring (bicyclic) bond motifs is 1. The van der Waals surface area contributed by atoms with Gasteiger partial charge in [-0.3, -0.25) is 0 Å². The van der Waals surface area contributed by atoms with Gasteiger partial charge in [0.05, 0.1) is 12.8 Å². The molecule has 4 rings (SSSR count). The molecule has 3 aromatic carbocycles. The fourth-order valence-corrected chi connectivity index (χ4v) is 3.32. The molecule has 138 valence electrons. The molecule has 0 bridgehead atoms. The third-order valence-electron chi connectivity index (χ3n) is 4.78. The SMILES string of the molecule is COc1ccc2cc(C(=Nc3ccc(F)cc3)N3CCNCC3)ccc2c1. The van der Waals surface area contributed by atoms with E-state index < -0.39 is 0 Å². The Labute approximate surface area is 158 Å². The molecule has 1 fully saturated rings. The number of nitrogens with one attached hydrogen (secondary N) is 1. The summed E-state index contributed by atoms with van der Waals surface area (Å²) < 4.78 is 18.6. The van der Waals surface area contributed by atoms with Crippen LogP contribution in [-0.2, 0) is 0 Å². The van der Waals surface area contributed by atoms with Crippen LogP contribution in [0.25, 0.3) is 10.8 Å². The monoisotopic (exact) mass is 363 g/mol. The number of ether oxygens (including phenoxy) is 1. The van der Waals surface area contributed by atoms with Gasteiger partial charge >= 0.3 is 0 Å². The first-order chi connectivity index (χ1) is 13.2. The van der Waals surface area contributed by atoms with Gasteiger partial charge in [-0.25, -0.2) is 9.38 Å². The Balaban J connectivity index is 1.77. The highest BCUT2D eigenvalue weighted by Crippen LogP contribution is 2.24. The van der Waals surface area contributed by atoms with Crippen LogP contribution < -0.4 is 10.1 Å². The lowest BCUT2D eigenvalue weighted by Crippen LogP contribution is -2.46. The minimum absolute atomic E-state index is 0.252. The predicted molar refractivity (Wildman–Crippen MR) is 108 cm³/mol. The average molecular weight is 363 g/mol. The number of aliphatic imine (C=N–C) groups is 1. The molecule has 0 aliphatic carbocycles. The number of hydrogen-bond donors (Lipinski definition) is 1. The second-order valence-corrected chi connectivity index (χ2v) is 6.58. The molecule has 1 aliphatic rings. The van der Waals surface area contributed by atoms with E-state index in [0.717, 1.165) is 59.8 Å². The summed E-state index contributed by atoms with van der Waals surface area (Å²) in [6.07, 6.45) is 0. The zero-order valence-electron chi connectivity index (χ0n) is 15.3. The van der Waals surface area contributed by atoms with Crippen LogP contribution in [0.15, 0.2) is 65.7 Å². The number of piperazine rings is 1. The van der Waals surface area contributed by atoms with Gasteiger partial charge in [0.25, 0.3) is 0 Å². The summed E-state index contributed by atoms with van der Waals surface area (Å²) >= 11 is 0. The van der Waals surface area contributed by atoms with Crippen LogP contribution in [0.2, 0.25) is 0 Å². The van der Waals surface area contributed by atoms with E-state index in [1.54, 1.807) is 19.2 Å². The van der Waals surface area contributed by atoms with Crippen LogP contribution in [0.5, 0.6) is 5.75 Å². The molecule has 1 heterocycles. The Morgan fingerprint density at radius 1 is 0.963 bits per heavy atom. The van der Waals surface area contributed by atoms with Crippen molar-refractivity contribution in [1.82, 2.24) is 10.2 Å². The summed E-state index contributed by atoms with van der Waals surface area (Å²) in [4.78, 5) is 7.14. The van der Waals surface area contributed by atoms with Crippen molar-refractivity contribution in [3.63, 3.8) is 0 Å². The Bertz CT molecular complexity index is 963. The van der Waals surface area contributed by atoms with Gasteiger partial charge < -0.3 is 15.0 Å². The molecule has 1 aliphatic heterocycles. The minimum atomic E-state index is -0.252. The summed E-state index contributed by atoms with van der Waals surface area (Å²) in [6.45, 7) is 3.63. The van der Waals surface area contributed by atoms with E-state index in [0.29, 0.717) is 0 Å². The summed E-state index contributed by atoms with van der Waals surface area (Å²) in [5.41, 5.74) is 1.80. The molecule has 0 amide bonds. The maximum absolute atomic E-state index is 13.3. The third kappa shape index (κ3) is 3.93. The molecule has 0 radical (unpaired) electrons. The fraction of sp³-hybridized carbons (Fsp3) is 0.227. The Morgan fingerprint density at radius 3 is 2.41 bits per heavy atom. The van der Waals surface area contributed by atoms with Crippen molar-refractivity contribution in [2.45, 2.75) is 0 Å². The average Bonchev–Trinajstić information content (AvgIpc) is 2.73. The van der Waals surface area contributed by atoms with E-state index in [-0.39, 0.29) is 5.82 Å². The molecule has 3 aromatic rings. The highest BCUT2D eigenvalue weighted by molar-refractivity contribution is 6.03. The summed E-state index contributed by atoms with van der Waals surface area (Å²) in [6, 6.07) is 18.7. The van der Waals surface area contributed by atoms with E-state index in [4.69, 9.17) is 9.73 Å². The van der Waals surface area contributed by atoms with E-state index >= 15 is 0 Å². The summed E-state index contributed by atoms with van der Waals surface area (Å²) in [5, 5.41) is 5.63. The second-order valence-electron chi connectivity index (χ2n) is 6.58. The quantitative estimate of drug-likeness (QED) is 0.565. The van der Waals surface area contributed by atoms with Crippen LogP contribution in [0, 0.1) is 5.82 Å². The lowest BCUT2D eigenvalue weighted by molar-refractivity contribution is 0.358. The van der Waals surface area contributed by atoms with Crippen molar-refractivity contribution in [2.24, 2.45) is 4.99 Å². The van der Waals surface area contributed by atoms with Crippen molar-refractivity contribution in [2.75, 3.05) is 33.3 Å². The van der Waals surface area contributed by atoms with E-state index in [9.17, 15) is 4.39 Å². The smallest absolute Gasteiger partial charge is 0.136 e. The highest BCUT2D eigenvalue weighted by atomic mass is 19.1. The first-order valence-corrected chi connectivity index (χ1v) is 9.11. The minimum Gasteiger partial charge on any atom is -0.497 e. The van der Waals surface area contributed by atoms with Gasteiger partial charge in [-0.15, -0.1) is 0 Å². The molecule has 0 aromatic heterocycles. The van der Waals surface area contributed by atoms with Gasteiger partial charge in [0.2, 0.25) is 0 Å². The highest BCUT2D eigenvalue weighted by Gasteiger charge is 2.17. The molecule has 5 heteroatoms. The largest absolute Gasteiger partial charge is 0.497 e. The molecular formula is C22H22FN3O. The number of nitrogens with zero attached hydrogens (tertiary/aromatic N) is 2. The van der Waals surface area contributed by atoms with Gasteiger partial charge in [-0.1, -0.05) is 18.2 Å². The van der Waals surface area contributed by atoms with Gasteiger partial charge in [0.15, 0.2) is 0 Å². The summed E-state index contributed by atoms with van der Waals surface area (Å²) in [7, 11) is 1.67. The Hall–Kier alpha value is -2.92. The van der Waals surface area contributed by atoms with Gasteiger partial charge in [0.1, 0.15) is 17.4 Å². The molecule has 0 atom stereocenters. The number of halogens is 1. The van der Waals surface area contributed by atoms with Crippen LogP contribution in [0.1, 0.15) is 5.56 Å². The van der Waals surface area contributed by atoms with E-state index in [2.05, 4.69) is 34.5 Å². The second kappa shape index (κ2) is 7.76. The standard InChI is InChI=1S/C22H22FN3O/c1-27-21-9-4-16-14-18(3-2-17(16)15-21)22(26-12-10-24-11-13-26)25-20-7-5-19(23)6-8-20/h2-9,14-15,24H,10-13H2,1H3. The maximum Gasteiger partial charge on any atom is 0.136 e. The van der Waals surface area contributed by atoms with Gasteiger partial charge in [-0.2, -0.15) is 0 Å². The molecule has 0 spiro atoms. The number of hydrogen-bond acceptors (Lipinski definition) is 3. The normalized spacial score (nSPS) is 15.2. The van der Waals surface area contributed by atoms with Crippen LogP contribution >= 0.6 is 0 Å². The van der Waals surface area contributed by atoms with Crippen LogP contribution in [-0.4, -0.2) is 44.0 Å². The lowest BCUT2D eigenvalue weighted by Gasteiger charge is -2.30. The van der Waals surface area contributed by atoms with Gasteiger partial charge in [0, 0.05) is 31.7 Å². The number of benzene rings is 3. The topological polar surface area (TPSA) is 36.9 Å². The van der Waals surface area contributed by atoms with E-state index in [1.807, 2.05) is 12.1 Å². The maximum atomic E-state index is 13.3. The zero-order valence-corrected chi connectivity index (χ0v) is 15.3. The molecule has 0 saturated carbocycles. The summed E-state index contributed by atoms with van der Waals surface area (Å²) in [5.74, 6) is 1.51. The zero-order chi connectivity index (χ0) is 18.6. The number of methoxy groups -OCH3 is 1. The molecule has 0 unspecified atom stereocenters. The third-order valence-corrected chi connectivity index (χ3v) is 4.78. The Morgan fingerprint density at radius 2 is 1.67 bits per heavy atom. The first-order valence-electron chi connectivity index (χ1n) is 9.11. The first kappa shape index (κ1) is 17.5.